The van der Waals surface area contributed by atoms with Gasteiger partial charge in [0.15, 0.2) is 0 Å². The highest BCUT2D eigenvalue weighted by Crippen LogP contribution is 2.30. The van der Waals surface area contributed by atoms with E-state index in [4.69, 9.17) is 4.98 Å². The second-order valence-electron chi connectivity index (χ2n) is 6.06. The predicted octanol–water partition coefficient (Wildman–Crippen LogP) is 3.71. The highest BCUT2D eigenvalue weighted by atomic mass is 16.1. The van der Waals surface area contributed by atoms with Crippen LogP contribution in [0.4, 0.5) is 0 Å². The Morgan fingerprint density at radius 2 is 1.65 bits per heavy atom. The number of aromatic nitrogens is 2. The number of benzene rings is 2. The molecule has 0 saturated carbocycles. The molecule has 0 fully saturated rings. The van der Waals surface area contributed by atoms with Gasteiger partial charge in [0.1, 0.15) is 5.82 Å². The number of hydrogen-bond donors (Lipinski definition) is 1. The quantitative estimate of drug-likeness (QED) is 0.784. The van der Waals surface area contributed by atoms with E-state index in [0.29, 0.717) is 11.7 Å². The summed E-state index contributed by atoms with van der Waals surface area (Å²) in [6, 6.07) is 20.3. The standard InChI is InChI=1S/C20H18N2O/c23-20-17-13-16(14-7-3-1-4-8-14)11-12-18(17)21-19(22-20)15-9-5-2-6-10-15/h1-10,16H,11-13H2,(H,21,22,23). The van der Waals surface area contributed by atoms with Gasteiger partial charge >= 0.3 is 0 Å². The molecule has 0 spiro atoms. The number of aromatic amines is 1. The normalized spacial score (nSPS) is 16.8. The molecule has 0 amide bonds. The van der Waals surface area contributed by atoms with Crippen LogP contribution in [0.3, 0.4) is 0 Å². The third-order valence-electron chi connectivity index (χ3n) is 4.60. The summed E-state index contributed by atoms with van der Waals surface area (Å²) in [4.78, 5) is 20.2. The van der Waals surface area contributed by atoms with Crippen LogP contribution in [0.1, 0.15) is 29.2 Å². The van der Waals surface area contributed by atoms with Crippen molar-refractivity contribution in [3.63, 3.8) is 0 Å². The molecule has 1 heterocycles. The second-order valence-corrected chi connectivity index (χ2v) is 6.06. The summed E-state index contributed by atoms with van der Waals surface area (Å²) in [6.45, 7) is 0. The number of nitrogens with one attached hydrogen (secondary N) is 1. The van der Waals surface area contributed by atoms with E-state index in [-0.39, 0.29) is 5.56 Å². The Morgan fingerprint density at radius 1 is 0.957 bits per heavy atom. The molecule has 0 aliphatic heterocycles. The predicted molar refractivity (Wildman–Crippen MR) is 91.5 cm³/mol. The smallest absolute Gasteiger partial charge is 0.254 e. The number of hydrogen-bond acceptors (Lipinski definition) is 2. The van der Waals surface area contributed by atoms with E-state index in [1.54, 1.807) is 0 Å². The maximum atomic E-state index is 12.5. The largest absolute Gasteiger partial charge is 0.306 e. The first kappa shape index (κ1) is 13.9. The topological polar surface area (TPSA) is 45.8 Å². The number of aryl methyl sites for hydroxylation is 1. The summed E-state index contributed by atoms with van der Waals surface area (Å²) in [6.07, 6.45) is 2.68. The maximum absolute atomic E-state index is 12.5. The van der Waals surface area contributed by atoms with Crippen molar-refractivity contribution in [3.8, 4) is 11.4 Å². The highest BCUT2D eigenvalue weighted by Gasteiger charge is 2.24. The van der Waals surface area contributed by atoms with E-state index in [9.17, 15) is 4.79 Å². The maximum Gasteiger partial charge on any atom is 0.254 e. The molecule has 1 aliphatic carbocycles. The lowest BCUT2D eigenvalue weighted by molar-refractivity contribution is 0.568. The van der Waals surface area contributed by atoms with Gasteiger partial charge in [-0.1, -0.05) is 60.7 Å². The molecule has 1 aliphatic rings. The van der Waals surface area contributed by atoms with Crippen LogP contribution >= 0.6 is 0 Å². The van der Waals surface area contributed by atoms with Crippen LogP contribution in [0.15, 0.2) is 65.5 Å². The van der Waals surface area contributed by atoms with Gasteiger partial charge in [-0.05, 0) is 30.7 Å². The molecular weight excluding hydrogens is 284 g/mol. The van der Waals surface area contributed by atoms with Crippen LogP contribution < -0.4 is 5.56 Å². The van der Waals surface area contributed by atoms with Crippen LogP contribution in [0.25, 0.3) is 11.4 Å². The van der Waals surface area contributed by atoms with E-state index in [0.717, 1.165) is 36.1 Å². The molecule has 3 nitrogen and oxygen atoms in total. The van der Waals surface area contributed by atoms with Crippen molar-refractivity contribution in [1.82, 2.24) is 9.97 Å². The molecule has 4 rings (SSSR count). The Morgan fingerprint density at radius 3 is 2.39 bits per heavy atom. The second kappa shape index (κ2) is 5.84. The lowest BCUT2D eigenvalue weighted by atomic mass is 9.82. The van der Waals surface area contributed by atoms with Crippen molar-refractivity contribution < 1.29 is 0 Å². The zero-order valence-corrected chi connectivity index (χ0v) is 12.8. The van der Waals surface area contributed by atoms with Crippen molar-refractivity contribution in [2.24, 2.45) is 0 Å². The summed E-state index contributed by atoms with van der Waals surface area (Å²) >= 11 is 0. The van der Waals surface area contributed by atoms with Crippen molar-refractivity contribution >= 4 is 0 Å². The lowest BCUT2D eigenvalue weighted by Crippen LogP contribution is -2.25. The molecule has 23 heavy (non-hydrogen) atoms. The average Bonchev–Trinajstić information content (AvgIpc) is 2.63. The molecule has 0 radical (unpaired) electrons. The lowest BCUT2D eigenvalue weighted by Gasteiger charge is -2.24. The number of rotatable bonds is 2. The molecule has 0 bridgehead atoms. The highest BCUT2D eigenvalue weighted by molar-refractivity contribution is 5.55. The molecule has 1 N–H and O–H groups in total. The first-order valence-corrected chi connectivity index (χ1v) is 8.03. The Labute approximate surface area is 135 Å². The van der Waals surface area contributed by atoms with Crippen molar-refractivity contribution in [2.45, 2.75) is 25.2 Å². The van der Waals surface area contributed by atoms with Gasteiger partial charge in [-0.15, -0.1) is 0 Å². The summed E-state index contributed by atoms with van der Waals surface area (Å²) < 4.78 is 0. The zero-order chi connectivity index (χ0) is 15.6. The van der Waals surface area contributed by atoms with Crippen molar-refractivity contribution in [2.75, 3.05) is 0 Å². The first-order valence-electron chi connectivity index (χ1n) is 8.03. The Kier molecular flexibility index (Phi) is 3.54. The number of fused-ring (bicyclic) bond motifs is 1. The van der Waals surface area contributed by atoms with Gasteiger partial charge in [0.2, 0.25) is 0 Å². The summed E-state index contributed by atoms with van der Waals surface area (Å²) in [5.74, 6) is 1.08. The molecule has 114 valence electrons. The molecule has 3 heteroatoms. The van der Waals surface area contributed by atoms with Gasteiger partial charge in [-0.2, -0.15) is 0 Å². The third kappa shape index (κ3) is 2.70. The Balaban J connectivity index is 1.70. The van der Waals surface area contributed by atoms with Crippen molar-refractivity contribution in [1.29, 1.82) is 0 Å². The van der Waals surface area contributed by atoms with E-state index in [2.05, 4.69) is 29.2 Å². The third-order valence-corrected chi connectivity index (χ3v) is 4.60. The SMILES string of the molecule is O=c1[nH]c(-c2ccccc2)nc2c1CC(c1ccccc1)CC2. The number of nitrogens with zero attached hydrogens (tertiary/aromatic N) is 1. The Bertz CT molecular complexity index is 869. The Hall–Kier alpha value is -2.68. The van der Waals surface area contributed by atoms with Gasteiger partial charge in [0, 0.05) is 11.1 Å². The fourth-order valence-electron chi connectivity index (χ4n) is 3.36. The molecule has 0 saturated heterocycles. The summed E-state index contributed by atoms with van der Waals surface area (Å²) in [7, 11) is 0. The summed E-state index contributed by atoms with van der Waals surface area (Å²) in [5.41, 5.74) is 4.08. The summed E-state index contributed by atoms with van der Waals surface area (Å²) in [5, 5.41) is 0. The van der Waals surface area contributed by atoms with Gasteiger partial charge in [0.25, 0.3) is 5.56 Å². The van der Waals surface area contributed by atoms with E-state index in [1.807, 2.05) is 36.4 Å². The molecule has 2 aromatic carbocycles. The molecule has 3 aromatic rings. The first-order chi connectivity index (χ1) is 11.3. The molecule has 1 atom stereocenters. The zero-order valence-electron chi connectivity index (χ0n) is 12.8. The molecular formula is C20H18N2O. The van der Waals surface area contributed by atoms with Crippen LogP contribution in [0.5, 0.6) is 0 Å². The van der Waals surface area contributed by atoms with E-state index >= 15 is 0 Å². The van der Waals surface area contributed by atoms with Crippen LogP contribution in [-0.4, -0.2) is 9.97 Å². The fourth-order valence-corrected chi connectivity index (χ4v) is 3.36. The van der Waals surface area contributed by atoms with Gasteiger partial charge in [-0.25, -0.2) is 4.98 Å². The fraction of sp³-hybridized carbons (Fsp3) is 0.200. The van der Waals surface area contributed by atoms with E-state index in [1.165, 1.54) is 5.56 Å². The van der Waals surface area contributed by atoms with E-state index < -0.39 is 0 Å². The number of H-pyrrole nitrogens is 1. The van der Waals surface area contributed by atoms with Gasteiger partial charge in [0.05, 0.1) is 5.69 Å². The minimum atomic E-state index is 0.00878. The minimum Gasteiger partial charge on any atom is -0.306 e. The van der Waals surface area contributed by atoms with Crippen LogP contribution in [0, 0.1) is 0 Å². The van der Waals surface area contributed by atoms with Crippen LogP contribution in [-0.2, 0) is 12.8 Å². The molecule has 1 aromatic heterocycles. The van der Waals surface area contributed by atoms with Crippen LogP contribution in [0.2, 0.25) is 0 Å². The van der Waals surface area contributed by atoms with Gasteiger partial charge < -0.3 is 4.98 Å². The monoisotopic (exact) mass is 302 g/mol. The molecule has 1 unspecified atom stereocenters. The van der Waals surface area contributed by atoms with Gasteiger partial charge in [-0.3, -0.25) is 4.79 Å². The minimum absolute atomic E-state index is 0.00878. The average molecular weight is 302 g/mol. The van der Waals surface area contributed by atoms with Crippen molar-refractivity contribution in [3.05, 3.63) is 87.8 Å².